The number of nitrogens with zero attached hydrogens (tertiary/aromatic N) is 1. The Balaban J connectivity index is 1.57. The first kappa shape index (κ1) is 16.0. The number of piperidine rings is 1. The number of carbonyl (C=O) groups is 1. The lowest BCUT2D eigenvalue weighted by atomic mass is 10.0. The van der Waals surface area contributed by atoms with E-state index in [4.69, 9.17) is 9.47 Å². The normalized spacial score (nSPS) is 19.4. The highest BCUT2D eigenvalue weighted by Gasteiger charge is 2.15. The summed E-state index contributed by atoms with van der Waals surface area (Å²) in [4.78, 5) is 13.3. The van der Waals surface area contributed by atoms with Crippen LogP contribution in [0.5, 0.6) is 5.75 Å². The number of likely N-dealkylation sites (tertiary alicyclic amines) is 1. The predicted octanol–water partition coefficient (Wildman–Crippen LogP) is 2.63. The zero-order valence-electron chi connectivity index (χ0n) is 12.8. The Hall–Kier alpha value is -1.39. The third-order valence-electron chi connectivity index (χ3n) is 3.82. The van der Waals surface area contributed by atoms with Gasteiger partial charge in [-0.15, -0.1) is 0 Å². The summed E-state index contributed by atoms with van der Waals surface area (Å²) in [6.45, 7) is 7.45. The number of aldehydes is 1. The monoisotopic (exact) mass is 291 g/mol. The summed E-state index contributed by atoms with van der Waals surface area (Å²) in [6, 6.07) is 7.24. The average molecular weight is 291 g/mol. The molecule has 0 spiro atoms. The summed E-state index contributed by atoms with van der Waals surface area (Å²) in [5.74, 6) is 1.43. The summed E-state index contributed by atoms with van der Waals surface area (Å²) in [6.07, 6.45) is 3.46. The first-order chi connectivity index (χ1) is 10.3. The molecular formula is C17H25NO3. The fraction of sp³-hybridized carbons (Fsp3) is 0.588. The van der Waals surface area contributed by atoms with Gasteiger partial charge in [0.1, 0.15) is 12.4 Å². The van der Waals surface area contributed by atoms with Crippen molar-refractivity contribution in [3.8, 4) is 5.75 Å². The lowest BCUT2D eigenvalue weighted by molar-refractivity contribution is 0.0686. The molecule has 0 amide bonds. The maximum absolute atomic E-state index is 10.8. The van der Waals surface area contributed by atoms with Crippen molar-refractivity contribution in [2.24, 2.45) is 5.92 Å². The van der Waals surface area contributed by atoms with E-state index in [1.807, 2.05) is 12.1 Å². The van der Waals surface area contributed by atoms with Crippen LogP contribution in [0, 0.1) is 5.92 Å². The third kappa shape index (κ3) is 5.48. The van der Waals surface area contributed by atoms with E-state index >= 15 is 0 Å². The molecule has 1 saturated heterocycles. The molecule has 0 saturated carbocycles. The lowest BCUT2D eigenvalue weighted by Crippen LogP contribution is -2.36. The third-order valence-corrected chi connectivity index (χ3v) is 3.82. The molecule has 1 aromatic carbocycles. The Kier molecular flexibility index (Phi) is 6.70. The van der Waals surface area contributed by atoms with Crippen molar-refractivity contribution in [3.05, 3.63) is 29.8 Å². The van der Waals surface area contributed by atoms with Crippen molar-refractivity contribution in [2.45, 2.75) is 19.8 Å². The van der Waals surface area contributed by atoms with Gasteiger partial charge in [0.05, 0.1) is 18.8 Å². The summed E-state index contributed by atoms with van der Waals surface area (Å²) >= 11 is 0. The quantitative estimate of drug-likeness (QED) is 0.545. The van der Waals surface area contributed by atoms with Crippen molar-refractivity contribution < 1.29 is 14.3 Å². The van der Waals surface area contributed by atoms with Crippen molar-refractivity contribution in [2.75, 3.05) is 39.5 Å². The van der Waals surface area contributed by atoms with Crippen LogP contribution in [0.15, 0.2) is 24.3 Å². The highest BCUT2D eigenvalue weighted by molar-refractivity contribution is 5.79. The van der Waals surface area contributed by atoms with Gasteiger partial charge in [-0.2, -0.15) is 0 Å². The van der Waals surface area contributed by atoms with E-state index in [2.05, 4.69) is 11.8 Å². The number of ether oxygens (including phenoxy) is 2. The van der Waals surface area contributed by atoms with E-state index in [9.17, 15) is 4.79 Å². The first-order valence-electron chi connectivity index (χ1n) is 7.76. The molecule has 0 N–H and O–H groups in total. The highest BCUT2D eigenvalue weighted by Crippen LogP contribution is 2.16. The minimum atomic E-state index is 0.473. The van der Waals surface area contributed by atoms with Crippen molar-refractivity contribution in [3.63, 3.8) is 0 Å². The lowest BCUT2D eigenvalue weighted by Gasteiger charge is -2.30. The molecule has 1 fully saturated rings. The van der Waals surface area contributed by atoms with E-state index in [1.165, 1.54) is 25.9 Å². The summed E-state index contributed by atoms with van der Waals surface area (Å²) < 4.78 is 11.2. The highest BCUT2D eigenvalue weighted by atomic mass is 16.5. The van der Waals surface area contributed by atoms with Crippen LogP contribution in [-0.4, -0.2) is 50.6 Å². The minimum absolute atomic E-state index is 0.473. The molecule has 1 aromatic rings. The van der Waals surface area contributed by atoms with Crippen LogP contribution in [0.4, 0.5) is 0 Å². The molecule has 4 nitrogen and oxygen atoms in total. The van der Waals surface area contributed by atoms with Crippen LogP contribution in [-0.2, 0) is 4.74 Å². The molecule has 0 radical (unpaired) electrons. The van der Waals surface area contributed by atoms with Gasteiger partial charge in [-0.05, 0) is 37.4 Å². The Morgan fingerprint density at radius 2 is 2.14 bits per heavy atom. The summed E-state index contributed by atoms with van der Waals surface area (Å²) in [7, 11) is 0. The zero-order chi connectivity index (χ0) is 14.9. The fourth-order valence-corrected chi connectivity index (χ4v) is 2.71. The molecule has 1 heterocycles. The zero-order valence-corrected chi connectivity index (χ0v) is 12.8. The molecule has 21 heavy (non-hydrogen) atoms. The smallest absolute Gasteiger partial charge is 0.153 e. The van der Waals surface area contributed by atoms with Gasteiger partial charge >= 0.3 is 0 Å². The van der Waals surface area contributed by atoms with Gasteiger partial charge < -0.3 is 14.4 Å². The number of para-hydroxylation sites is 1. The number of rotatable bonds is 8. The van der Waals surface area contributed by atoms with Gasteiger partial charge in [0, 0.05) is 13.1 Å². The Morgan fingerprint density at radius 1 is 1.29 bits per heavy atom. The maximum Gasteiger partial charge on any atom is 0.153 e. The summed E-state index contributed by atoms with van der Waals surface area (Å²) in [5.41, 5.74) is 0.583. The first-order valence-corrected chi connectivity index (χ1v) is 7.76. The van der Waals surface area contributed by atoms with Crippen LogP contribution in [0.25, 0.3) is 0 Å². The Labute approximate surface area is 127 Å². The molecule has 1 aliphatic rings. The molecule has 4 heteroatoms. The van der Waals surface area contributed by atoms with Crippen molar-refractivity contribution in [1.82, 2.24) is 4.90 Å². The van der Waals surface area contributed by atoms with E-state index in [1.54, 1.807) is 12.1 Å². The van der Waals surface area contributed by atoms with Gasteiger partial charge in [-0.25, -0.2) is 0 Å². The molecule has 0 unspecified atom stereocenters. The van der Waals surface area contributed by atoms with E-state index in [0.29, 0.717) is 24.5 Å². The molecule has 116 valence electrons. The van der Waals surface area contributed by atoms with Crippen LogP contribution in [0.3, 0.4) is 0 Å². The van der Waals surface area contributed by atoms with Gasteiger partial charge in [0.2, 0.25) is 0 Å². The van der Waals surface area contributed by atoms with Crippen molar-refractivity contribution in [1.29, 1.82) is 0 Å². The van der Waals surface area contributed by atoms with Crippen molar-refractivity contribution >= 4 is 6.29 Å². The largest absolute Gasteiger partial charge is 0.490 e. The number of benzene rings is 1. The standard InChI is InChI=1S/C17H25NO3/c1-15-5-4-8-18(13-15)9-10-20-11-12-21-17-7-3-2-6-16(17)14-19/h2-3,6-7,14-15H,4-5,8-13H2,1H3/t15-/m0/s1. The van der Waals surface area contributed by atoms with Gasteiger partial charge in [-0.1, -0.05) is 19.1 Å². The minimum Gasteiger partial charge on any atom is -0.490 e. The van der Waals surface area contributed by atoms with E-state index < -0.39 is 0 Å². The molecule has 0 aliphatic carbocycles. The second kappa shape index (κ2) is 8.80. The fourth-order valence-electron chi connectivity index (χ4n) is 2.71. The number of hydrogen-bond acceptors (Lipinski definition) is 4. The van der Waals surface area contributed by atoms with Crippen LogP contribution in [0.2, 0.25) is 0 Å². The topological polar surface area (TPSA) is 38.8 Å². The van der Waals surface area contributed by atoms with Gasteiger partial charge in [0.25, 0.3) is 0 Å². The molecule has 0 bridgehead atoms. The maximum atomic E-state index is 10.8. The number of hydrogen-bond donors (Lipinski definition) is 0. The van der Waals surface area contributed by atoms with Gasteiger partial charge in [0.15, 0.2) is 6.29 Å². The average Bonchev–Trinajstić information content (AvgIpc) is 2.51. The van der Waals surface area contributed by atoms with E-state index in [0.717, 1.165) is 25.4 Å². The second-order valence-corrected chi connectivity index (χ2v) is 5.66. The SMILES string of the molecule is C[C@H]1CCCN(CCOCCOc2ccccc2C=O)C1. The van der Waals surface area contributed by atoms with Gasteiger partial charge in [-0.3, -0.25) is 4.79 Å². The molecular weight excluding hydrogens is 266 g/mol. The summed E-state index contributed by atoms with van der Waals surface area (Å²) in [5, 5.41) is 0. The van der Waals surface area contributed by atoms with Crippen LogP contribution >= 0.6 is 0 Å². The van der Waals surface area contributed by atoms with Crippen LogP contribution < -0.4 is 4.74 Å². The van der Waals surface area contributed by atoms with Crippen LogP contribution in [0.1, 0.15) is 30.1 Å². The molecule has 1 atom stereocenters. The molecule has 2 rings (SSSR count). The Morgan fingerprint density at radius 3 is 2.95 bits per heavy atom. The Bertz CT molecular complexity index is 436. The molecule has 0 aromatic heterocycles. The second-order valence-electron chi connectivity index (χ2n) is 5.66. The molecule has 1 aliphatic heterocycles. The predicted molar refractivity (Wildman–Crippen MR) is 83.0 cm³/mol. The number of carbonyl (C=O) groups excluding carboxylic acids is 1. The van der Waals surface area contributed by atoms with E-state index in [-0.39, 0.29) is 0 Å².